The van der Waals surface area contributed by atoms with Crippen LogP contribution in [0.4, 0.5) is 11.4 Å². The number of nitrogens with zero attached hydrogens (tertiary/aromatic N) is 2. The number of methoxy groups -OCH3 is 1. The number of carbonyl (C=O) groups is 1. The number of benzene rings is 1. The lowest BCUT2D eigenvalue weighted by molar-refractivity contribution is -0.384. The molecule has 0 aliphatic rings. The van der Waals surface area contributed by atoms with E-state index in [0.717, 1.165) is 0 Å². The van der Waals surface area contributed by atoms with Crippen LogP contribution in [0.5, 0.6) is 0 Å². The molecule has 0 saturated carbocycles. The summed E-state index contributed by atoms with van der Waals surface area (Å²) in [6.07, 6.45) is 0. The van der Waals surface area contributed by atoms with Crippen molar-refractivity contribution in [3.05, 3.63) is 33.9 Å². The maximum absolute atomic E-state index is 11.2. The molecule has 1 N–H and O–H groups in total. The van der Waals surface area contributed by atoms with Crippen LogP contribution in [0, 0.1) is 10.1 Å². The number of hydrogen-bond acceptors (Lipinski definition) is 5. The molecule has 0 heterocycles. The summed E-state index contributed by atoms with van der Waals surface area (Å²) >= 11 is 0. The first-order chi connectivity index (χ1) is 9.01. The van der Waals surface area contributed by atoms with E-state index in [1.807, 2.05) is 6.92 Å². The molecule has 0 radical (unpaired) electrons. The third-order valence-corrected chi connectivity index (χ3v) is 2.71. The highest BCUT2D eigenvalue weighted by Crippen LogP contribution is 2.26. The smallest absolute Gasteiger partial charge is 0.337 e. The second-order valence-corrected chi connectivity index (χ2v) is 3.84. The predicted octanol–water partition coefficient (Wildman–Crippen LogP) is 1.77. The Bertz CT molecular complexity index is 475. The van der Waals surface area contributed by atoms with Crippen molar-refractivity contribution in [2.45, 2.75) is 6.92 Å². The van der Waals surface area contributed by atoms with Gasteiger partial charge in [-0.25, -0.2) is 4.79 Å². The van der Waals surface area contributed by atoms with E-state index in [9.17, 15) is 14.9 Å². The summed E-state index contributed by atoms with van der Waals surface area (Å²) in [5.74, 6) is -1.11. The van der Waals surface area contributed by atoms with Crippen molar-refractivity contribution in [2.75, 3.05) is 31.7 Å². The van der Waals surface area contributed by atoms with Crippen LogP contribution in [0.25, 0.3) is 0 Å². The molecule has 1 rings (SSSR count). The summed E-state index contributed by atoms with van der Waals surface area (Å²) in [6.45, 7) is 3.26. The molecule has 0 amide bonds. The van der Waals surface area contributed by atoms with E-state index in [-0.39, 0.29) is 11.3 Å². The Hall–Kier alpha value is -2.15. The molecule has 1 aromatic rings. The normalized spacial score (nSPS) is 10.2. The number of nitro benzene ring substituents is 1. The lowest BCUT2D eigenvalue weighted by Crippen LogP contribution is -2.28. The van der Waals surface area contributed by atoms with Crippen LogP contribution in [-0.2, 0) is 4.74 Å². The summed E-state index contributed by atoms with van der Waals surface area (Å²) in [5.41, 5.74) is 0.251. The number of carboxylic acids is 1. The van der Waals surface area contributed by atoms with Crippen molar-refractivity contribution in [2.24, 2.45) is 0 Å². The number of ether oxygens (including phenoxy) is 1. The fourth-order valence-electron chi connectivity index (χ4n) is 1.73. The number of non-ortho nitro benzene ring substituents is 1. The quantitative estimate of drug-likeness (QED) is 0.598. The molecular weight excluding hydrogens is 252 g/mol. The van der Waals surface area contributed by atoms with Crippen LogP contribution in [0.15, 0.2) is 18.2 Å². The van der Waals surface area contributed by atoms with E-state index < -0.39 is 10.9 Å². The molecule has 0 aromatic heterocycles. The van der Waals surface area contributed by atoms with E-state index in [1.54, 1.807) is 12.0 Å². The molecule has 0 aliphatic heterocycles. The predicted molar refractivity (Wildman–Crippen MR) is 69.8 cm³/mol. The zero-order valence-corrected chi connectivity index (χ0v) is 10.8. The van der Waals surface area contributed by atoms with Crippen LogP contribution in [0.3, 0.4) is 0 Å². The molecule has 0 unspecified atom stereocenters. The highest BCUT2D eigenvalue weighted by Gasteiger charge is 2.19. The maximum atomic E-state index is 11.2. The van der Waals surface area contributed by atoms with E-state index in [0.29, 0.717) is 25.4 Å². The van der Waals surface area contributed by atoms with E-state index >= 15 is 0 Å². The minimum Gasteiger partial charge on any atom is -0.478 e. The third-order valence-electron chi connectivity index (χ3n) is 2.71. The summed E-state index contributed by atoms with van der Waals surface area (Å²) in [7, 11) is 1.54. The summed E-state index contributed by atoms with van der Waals surface area (Å²) in [4.78, 5) is 23.1. The number of carboxylic acid groups (broad SMARTS) is 1. The minimum atomic E-state index is -1.11. The van der Waals surface area contributed by atoms with Gasteiger partial charge in [0.15, 0.2) is 0 Å². The van der Waals surface area contributed by atoms with Gasteiger partial charge < -0.3 is 14.7 Å². The molecule has 0 saturated heterocycles. The molecule has 7 heteroatoms. The van der Waals surface area contributed by atoms with Crippen molar-refractivity contribution in [1.29, 1.82) is 0 Å². The number of aromatic carboxylic acids is 1. The standard InChI is InChI=1S/C12H16N2O5/c1-3-13(6-7-19-2)11-8-9(14(17)18)4-5-10(11)12(15)16/h4-5,8H,3,6-7H2,1-2H3,(H,15,16). The Morgan fingerprint density at radius 2 is 2.21 bits per heavy atom. The molecule has 0 spiro atoms. The fourth-order valence-corrected chi connectivity index (χ4v) is 1.73. The van der Waals surface area contributed by atoms with Crippen LogP contribution in [0.2, 0.25) is 0 Å². The number of rotatable bonds is 7. The van der Waals surface area contributed by atoms with Crippen LogP contribution in [-0.4, -0.2) is 42.8 Å². The summed E-state index contributed by atoms with van der Waals surface area (Å²) in [5, 5.41) is 19.9. The Morgan fingerprint density at radius 1 is 1.53 bits per heavy atom. The SMILES string of the molecule is CCN(CCOC)c1cc([N+](=O)[O-])ccc1C(=O)O. The Kier molecular flexibility index (Phi) is 5.25. The van der Waals surface area contributed by atoms with Crippen molar-refractivity contribution in [1.82, 2.24) is 0 Å². The lowest BCUT2D eigenvalue weighted by atomic mass is 10.1. The number of anilines is 1. The van der Waals surface area contributed by atoms with E-state index in [4.69, 9.17) is 9.84 Å². The average Bonchev–Trinajstić information content (AvgIpc) is 2.39. The minimum absolute atomic E-state index is 0.0450. The van der Waals surface area contributed by atoms with Gasteiger partial charge in [0.25, 0.3) is 5.69 Å². The Balaban J connectivity index is 3.21. The number of nitro groups is 1. The first-order valence-corrected chi connectivity index (χ1v) is 5.76. The van der Waals surface area contributed by atoms with Gasteiger partial charge in [0.05, 0.1) is 22.8 Å². The van der Waals surface area contributed by atoms with Gasteiger partial charge in [0.1, 0.15) is 0 Å². The fraction of sp³-hybridized carbons (Fsp3) is 0.417. The van der Waals surface area contributed by atoms with Gasteiger partial charge in [0, 0.05) is 32.3 Å². The van der Waals surface area contributed by atoms with Crippen molar-refractivity contribution >= 4 is 17.3 Å². The maximum Gasteiger partial charge on any atom is 0.337 e. The molecule has 0 aliphatic carbocycles. The average molecular weight is 268 g/mol. The van der Waals surface area contributed by atoms with Gasteiger partial charge in [-0.05, 0) is 13.0 Å². The van der Waals surface area contributed by atoms with Crippen molar-refractivity contribution < 1.29 is 19.6 Å². The largest absolute Gasteiger partial charge is 0.478 e. The second kappa shape index (κ2) is 6.69. The highest BCUT2D eigenvalue weighted by atomic mass is 16.6. The van der Waals surface area contributed by atoms with Gasteiger partial charge in [-0.1, -0.05) is 0 Å². The van der Waals surface area contributed by atoms with Gasteiger partial charge >= 0.3 is 5.97 Å². The molecular formula is C12H16N2O5. The van der Waals surface area contributed by atoms with Gasteiger partial charge in [-0.3, -0.25) is 10.1 Å². The first-order valence-electron chi connectivity index (χ1n) is 5.76. The van der Waals surface area contributed by atoms with Crippen molar-refractivity contribution in [3.8, 4) is 0 Å². The van der Waals surface area contributed by atoms with Gasteiger partial charge in [-0.2, -0.15) is 0 Å². The number of hydrogen-bond donors (Lipinski definition) is 1. The highest BCUT2D eigenvalue weighted by molar-refractivity contribution is 5.95. The number of likely N-dealkylation sites (N-methyl/N-ethyl adjacent to an activating group) is 1. The van der Waals surface area contributed by atoms with Gasteiger partial charge in [-0.15, -0.1) is 0 Å². The molecule has 0 atom stereocenters. The molecule has 19 heavy (non-hydrogen) atoms. The van der Waals surface area contributed by atoms with Crippen LogP contribution < -0.4 is 4.90 Å². The van der Waals surface area contributed by atoms with Crippen LogP contribution >= 0.6 is 0 Å². The zero-order chi connectivity index (χ0) is 14.4. The Labute approximate surface area is 110 Å². The van der Waals surface area contributed by atoms with Crippen molar-refractivity contribution in [3.63, 3.8) is 0 Å². The molecule has 0 fully saturated rings. The van der Waals surface area contributed by atoms with E-state index in [2.05, 4.69) is 0 Å². The first kappa shape index (κ1) is 14.9. The monoisotopic (exact) mass is 268 g/mol. The van der Waals surface area contributed by atoms with Crippen LogP contribution in [0.1, 0.15) is 17.3 Å². The zero-order valence-electron chi connectivity index (χ0n) is 10.8. The van der Waals surface area contributed by atoms with Gasteiger partial charge in [0.2, 0.25) is 0 Å². The molecule has 7 nitrogen and oxygen atoms in total. The topological polar surface area (TPSA) is 92.9 Å². The van der Waals surface area contributed by atoms with E-state index in [1.165, 1.54) is 18.2 Å². The molecule has 104 valence electrons. The molecule has 1 aromatic carbocycles. The molecule has 0 bridgehead atoms. The Morgan fingerprint density at radius 3 is 2.68 bits per heavy atom. The lowest BCUT2D eigenvalue weighted by Gasteiger charge is -2.24. The third kappa shape index (κ3) is 3.65. The summed E-state index contributed by atoms with van der Waals surface area (Å²) in [6, 6.07) is 3.73. The summed E-state index contributed by atoms with van der Waals surface area (Å²) < 4.78 is 4.95. The second-order valence-electron chi connectivity index (χ2n) is 3.84.